The van der Waals surface area contributed by atoms with Gasteiger partial charge in [0.2, 0.25) is 0 Å². The predicted octanol–water partition coefficient (Wildman–Crippen LogP) is 3.28. The minimum Gasteiger partial charge on any atom is -0.508 e. The molecule has 2 aromatic rings. The Morgan fingerprint density at radius 3 is 2.38 bits per heavy atom. The van der Waals surface area contributed by atoms with E-state index in [0.29, 0.717) is 6.61 Å². The molecule has 0 bridgehead atoms. The quantitative estimate of drug-likeness (QED) is 0.849. The Kier molecular flexibility index (Phi) is 3.10. The standard InChI is InChI=1S/C14H14O2/c1-11-4-2-3-5-12(11)10-16-14-8-6-13(15)7-9-14/h2-9,15H,10H2,1H3. The number of aromatic hydroxyl groups is 1. The summed E-state index contributed by atoms with van der Waals surface area (Å²) in [7, 11) is 0. The van der Waals surface area contributed by atoms with Gasteiger partial charge in [0, 0.05) is 0 Å². The summed E-state index contributed by atoms with van der Waals surface area (Å²) in [6, 6.07) is 14.9. The van der Waals surface area contributed by atoms with Crippen LogP contribution in [0.15, 0.2) is 48.5 Å². The highest BCUT2D eigenvalue weighted by atomic mass is 16.5. The van der Waals surface area contributed by atoms with Crippen molar-refractivity contribution in [3.05, 3.63) is 59.7 Å². The van der Waals surface area contributed by atoms with Gasteiger partial charge in [-0.1, -0.05) is 24.3 Å². The van der Waals surface area contributed by atoms with E-state index >= 15 is 0 Å². The maximum absolute atomic E-state index is 9.13. The maximum atomic E-state index is 9.13. The minimum atomic E-state index is 0.253. The molecular weight excluding hydrogens is 200 g/mol. The molecule has 0 saturated heterocycles. The van der Waals surface area contributed by atoms with E-state index in [1.807, 2.05) is 12.1 Å². The van der Waals surface area contributed by atoms with Crippen LogP contribution >= 0.6 is 0 Å². The molecule has 1 N–H and O–H groups in total. The van der Waals surface area contributed by atoms with Crippen molar-refractivity contribution in [1.29, 1.82) is 0 Å². The number of phenolic OH excluding ortho intramolecular Hbond substituents is 1. The van der Waals surface area contributed by atoms with Crippen molar-refractivity contribution < 1.29 is 9.84 Å². The average molecular weight is 214 g/mol. The van der Waals surface area contributed by atoms with Crippen LogP contribution in [0.4, 0.5) is 0 Å². The highest BCUT2D eigenvalue weighted by Crippen LogP contribution is 2.18. The molecule has 0 amide bonds. The van der Waals surface area contributed by atoms with Gasteiger partial charge in [0.1, 0.15) is 18.1 Å². The molecule has 2 nitrogen and oxygen atoms in total. The molecule has 2 aromatic carbocycles. The number of rotatable bonds is 3. The number of phenols is 1. The summed E-state index contributed by atoms with van der Waals surface area (Å²) >= 11 is 0. The van der Waals surface area contributed by atoms with Crippen molar-refractivity contribution in [2.75, 3.05) is 0 Å². The van der Waals surface area contributed by atoms with Crippen LogP contribution in [-0.2, 0) is 6.61 Å². The Morgan fingerprint density at radius 2 is 1.69 bits per heavy atom. The van der Waals surface area contributed by atoms with E-state index in [0.717, 1.165) is 5.75 Å². The normalized spacial score (nSPS) is 10.1. The van der Waals surface area contributed by atoms with E-state index in [1.54, 1.807) is 24.3 Å². The van der Waals surface area contributed by atoms with Gasteiger partial charge in [-0.3, -0.25) is 0 Å². The molecule has 0 spiro atoms. The van der Waals surface area contributed by atoms with Gasteiger partial charge in [0.25, 0.3) is 0 Å². The molecular formula is C14H14O2. The summed E-state index contributed by atoms with van der Waals surface area (Å²) in [5.74, 6) is 1.02. The lowest BCUT2D eigenvalue weighted by Gasteiger charge is -2.08. The zero-order chi connectivity index (χ0) is 11.4. The van der Waals surface area contributed by atoms with E-state index < -0.39 is 0 Å². The van der Waals surface area contributed by atoms with E-state index in [-0.39, 0.29) is 5.75 Å². The van der Waals surface area contributed by atoms with Crippen LogP contribution in [0.3, 0.4) is 0 Å². The van der Waals surface area contributed by atoms with Crippen LogP contribution in [0, 0.1) is 6.92 Å². The first-order valence-corrected chi connectivity index (χ1v) is 5.22. The minimum absolute atomic E-state index is 0.253. The molecule has 0 radical (unpaired) electrons. The molecule has 82 valence electrons. The highest BCUT2D eigenvalue weighted by Gasteiger charge is 1.98. The highest BCUT2D eigenvalue weighted by molar-refractivity contribution is 5.31. The van der Waals surface area contributed by atoms with Crippen molar-refractivity contribution in [2.24, 2.45) is 0 Å². The first-order valence-electron chi connectivity index (χ1n) is 5.22. The van der Waals surface area contributed by atoms with E-state index in [2.05, 4.69) is 19.1 Å². The molecule has 0 aliphatic carbocycles. The maximum Gasteiger partial charge on any atom is 0.120 e. The molecule has 0 aliphatic rings. The molecule has 0 aromatic heterocycles. The fraction of sp³-hybridized carbons (Fsp3) is 0.143. The Bertz CT molecular complexity index is 460. The SMILES string of the molecule is Cc1ccccc1COc1ccc(O)cc1. The Morgan fingerprint density at radius 1 is 1.00 bits per heavy atom. The van der Waals surface area contributed by atoms with Gasteiger partial charge >= 0.3 is 0 Å². The number of hydrogen-bond acceptors (Lipinski definition) is 2. The monoisotopic (exact) mass is 214 g/mol. The zero-order valence-corrected chi connectivity index (χ0v) is 9.18. The third kappa shape index (κ3) is 2.54. The van der Waals surface area contributed by atoms with E-state index in [1.165, 1.54) is 11.1 Å². The number of aryl methyl sites for hydroxylation is 1. The fourth-order valence-corrected chi connectivity index (χ4v) is 1.48. The lowest BCUT2D eigenvalue weighted by atomic mass is 10.1. The lowest BCUT2D eigenvalue weighted by molar-refractivity contribution is 0.305. The van der Waals surface area contributed by atoms with Crippen molar-refractivity contribution in [1.82, 2.24) is 0 Å². The summed E-state index contributed by atoms with van der Waals surface area (Å²) in [5.41, 5.74) is 2.40. The molecule has 0 fully saturated rings. The number of hydrogen-bond donors (Lipinski definition) is 1. The van der Waals surface area contributed by atoms with Gasteiger partial charge in [-0.15, -0.1) is 0 Å². The number of ether oxygens (including phenoxy) is 1. The van der Waals surface area contributed by atoms with Gasteiger partial charge in [-0.25, -0.2) is 0 Å². The third-order valence-electron chi connectivity index (χ3n) is 2.49. The van der Waals surface area contributed by atoms with Crippen LogP contribution in [0.25, 0.3) is 0 Å². The van der Waals surface area contributed by atoms with Crippen LogP contribution in [0.5, 0.6) is 11.5 Å². The van der Waals surface area contributed by atoms with Crippen molar-refractivity contribution in [2.45, 2.75) is 13.5 Å². The first kappa shape index (κ1) is 10.6. The molecule has 0 unspecified atom stereocenters. The first-order chi connectivity index (χ1) is 7.75. The molecule has 0 atom stereocenters. The molecule has 0 saturated carbocycles. The summed E-state index contributed by atoms with van der Waals surface area (Å²) in [5, 5.41) is 9.13. The van der Waals surface area contributed by atoms with Crippen LogP contribution in [-0.4, -0.2) is 5.11 Å². The fourth-order valence-electron chi connectivity index (χ4n) is 1.48. The van der Waals surface area contributed by atoms with Crippen LogP contribution in [0.1, 0.15) is 11.1 Å². The summed E-state index contributed by atoms with van der Waals surface area (Å²) < 4.78 is 5.62. The second kappa shape index (κ2) is 4.71. The van der Waals surface area contributed by atoms with E-state index in [4.69, 9.17) is 9.84 Å². The van der Waals surface area contributed by atoms with E-state index in [9.17, 15) is 0 Å². The predicted molar refractivity (Wildman–Crippen MR) is 63.6 cm³/mol. The van der Waals surface area contributed by atoms with Crippen LogP contribution < -0.4 is 4.74 Å². The Labute approximate surface area is 95.1 Å². The van der Waals surface area contributed by atoms with Gasteiger partial charge in [0.15, 0.2) is 0 Å². The molecule has 16 heavy (non-hydrogen) atoms. The van der Waals surface area contributed by atoms with Crippen LogP contribution in [0.2, 0.25) is 0 Å². The molecule has 2 rings (SSSR count). The smallest absolute Gasteiger partial charge is 0.120 e. The summed E-state index contributed by atoms with van der Waals surface area (Å²) in [6.07, 6.45) is 0. The summed E-state index contributed by atoms with van der Waals surface area (Å²) in [4.78, 5) is 0. The van der Waals surface area contributed by atoms with Gasteiger partial charge in [-0.2, -0.15) is 0 Å². The second-order valence-corrected chi connectivity index (χ2v) is 3.71. The Balaban J connectivity index is 2.02. The molecule has 0 heterocycles. The van der Waals surface area contributed by atoms with Gasteiger partial charge < -0.3 is 9.84 Å². The zero-order valence-electron chi connectivity index (χ0n) is 9.18. The topological polar surface area (TPSA) is 29.5 Å². The van der Waals surface area contributed by atoms with Crippen molar-refractivity contribution in [3.63, 3.8) is 0 Å². The van der Waals surface area contributed by atoms with Crippen molar-refractivity contribution in [3.8, 4) is 11.5 Å². The summed E-state index contributed by atoms with van der Waals surface area (Å²) in [6.45, 7) is 2.62. The average Bonchev–Trinajstić information content (AvgIpc) is 2.30. The van der Waals surface area contributed by atoms with Crippen molar-refractivity contribution >= 4 is 0 Å². The molecule has 0 aliphatic heterocycles. The number of benzene rings is 2. The third-order valence-corrected chi connectivity index (χ3v) is 2.49. The lowest BCUT2D eigenvalue weighted by Crippen LogP contribution is -1.97. The largest absolute Gasteiger partial charge is 0.508 e. The van der Waals surface area contributed by atoms with Gasteiger partial charge in [-0.05, 0) is 42.3 Å². The molecule has 2 heteroatoms. The Hall–Kier alpha value is -1.96. The second-order valence-electron chi connectivity index (χ2n) is 3.71. The van der Waals surface area contributed by atoms with Gasteiger partial charge in [0.05, 0.1) is 0 Å².